The van der Waals surface area contributed by atoms with E-state index in [2.05, 4.69) is 72.8 Å². The minimum Gasteiger partial charge on any atom is -0.345 e. The van der Waals surface area contributed by atoms with E-state index in [0.29, 0.717) is 22.3 Å². The molecule has 0 aliphatic heterocycles. The number of aryl methyl sites for hydroxylation is 1. The van der Waals surface area contributed by atoms with Crippen molar-refractivity contribution in [3.05, 3.63) is 71.5 Å². The van der Waals surface area contributed by atoms with Crippen molar-refractivity contribution in [2.45, 2.75) is 45.3 Å². The van der Waals surface area contributed by atoms with E-state index in [4.69, 9.17) is 0 Å². The molecule has 3 aromatic rings. The number of thioether (sulfide) groups is 1. The maximum Gasteiger partial charge on any atom is 0.251 e. The van der Waals surface area contributed by atoms with Gasteiger partial charge >= 0.3 is 0 Å². The van der Waals surface area contributed by atoms with Crippen molar-refractivity contribution >= 4 is 29.3 Å². The van der Waals surface area contributed by atoms with Crippen LogP contribution in [0.5, 0.6) is 0 Å². The van der Waals surface area contributed by atoms with Crippen LogP contribution in [0.25, 0.3) is 0 Å². The van der Waals surface area contributed by atoms with Crippen LogP contribution in [0, 0.1) is 11.8 Å². The predicted molar refractivity (Wildman–Crippen MR) is 137 cm³/mol. The van der Waals surface area contributed by atoms with Gasteiger partial charge in [0, 0.05) is 18.3 Å². The number of aromatic nitrogens is 3. The fourth-order valence-corrected chi connectivity index (χ4v) is 4.35. The number of anilines is 1. The van der Waals surface area contributed by atoms with E-state index in [1.807, 2.05) is 7.05 Å². The van der Waals surface area contributed by atoms with Crippen LogP contribution >= 0.6 is 11.8 Å². The maximum atomic E-state index is 13.1. The maximum absolute atomic E-state index is 13.1. The molecule has 1 unspecified atom stereocenters. The third-order valence-electron chi connectivity index (χ3n) is 5.35. The minimum absolute atomic E-state index is 0.110. The molecule has 0 aliphatic carbocycles. The Morgan fingerprint density at radius 3 is 2.41 bits per heavy atom. The number of nitrogens with zero attached hydrogens (tertiary/aromatic N) is 3. The number of benzene rings is 2. The number of hydrogen-bond donors (Lipinski definition) is 2. The highest BCUT2D eigenvalue weighted by molar-refractivity contribution is 7.99. The monoisotopic (exact) mass is 479 g/mol. The summed E-state index contributed by atoms with van der Waals surface area (Å²) in [5.74, 6) is 0.678. The molecule has 7 nitrogen and oxygen atoms in total. The van der Waals surface area contributed by atoms with Crippen LogP contribution in [0.4, 0.5) is 5.69 Å². The first kappa shape index (κ1) is 25.5. The molecular formula is C26H33N5O2S. The average molecular weight is 480 g/mol. The van der Waals surface area contributed by atoms with Gasteiger partial charge in [0.1, 0.15) is 6.33 Å². The second kappa shape index (κ2) is 11.8. The van der Waals surface area contributed by atoms with Crippen LogP contribution in [0.1, 0.15) is 55.2 Å². The van der Waals surface area contributed by atoms with Gasteiger partial charge in [0.15, 0.2) is 5.16 Å². The highest BCUT2D eigenvalue weighted by Crippen LogP contribution is 2.24. The van der Waals surface area contributed by atoms with Gasteiger partial charge < -0.3 is 15.2 Å². The summed E-state index contributed by atoms with van der Waals surface area (Å²) >= 11 is 1.30. The Labute approximate surface area is 205 Å². The van der Waals surface area contributed by atoms with E-state index in [0.717, 1.165) is 12.0 Å². The molecule has 0 spiro atoms. The summed E-state index contributed by atoms with van der Waals surface area (Å²) in [4.78, 5) is 25.4. The van der Waals surface area contributed by atoms with E-state index in [9.17, 15) is 9.59 Å². The van der Waals surface area contributed by atoms with E-state index in [-0.39, 0.29) is 29.5 Å². The Balaban J connectivity index is 1.63. The number of hydrogen-bond acceptors (Lipinski definition) is 5. The van der Waals surface area contributed by atoms with Crippen LogP contribution < -0.4 is 10.6 Å². The molecule has 0 radical (unpaired) electrons. The lowest BCUT2D eigenvalue weighted by atomic mass is 9.93. The summed E-state index contributed by atoms with van der Waals surface area (Å²) in [5.41, 5.74) is 3.46. The summed E-state index contributed by atoms with van der Waals surface area (Å²) in [5, 5.41) is 14.4. The first-order valence-electron chi connectivity index (χ1n) is 11.5. The normalized spacial score (nSPS) is 12.1. The summed E-state index contributed by atoms with van der Waals surface area (Å²) in [6.45, 7) is 8.60. The van der Waals surface area contributed by atoms with Crippen LogP contribution in [-0.4, -0.2) is 32.3 Å². The first-order valence-corrected chi connectivity index (χ1v) is 12.5. The van der Waals surface area contributed by atoms with Crippen molar-refractivity contribution in [2.24, 2.45) is 18.9 Å². The number of carbonyl (C=O) groups is 2. The molecule has 2 N–H and O–H groups in total. The number of rotatable bonds is 10. The number of nitrogens with one attached hydrogen (secondary N) is 2. The molecule has 0 bridgehead atoms. The topological polar surface area (TPSA) is 88.9 Å². The fourth-order valence-electron chi connectivity index (χ4n) is 3.66. The van der Waals surface area contributed by atoms with Gasteiger partial charge in [0.25, 0.3) is 5.91 Å². The molecule has 0 fully saturated rings. The summed E-state index contributed by atoms with van der Waals surface area (Å²) in [6, 6.07) is 15.4. The zero-order valence-electron chi connectivity index (χ0n) is 20.4. The molecule has 0 aliphatic rings. The van der Waals surface area contributed by atoms with Crippen LogP contribution in [0.15, 0.2) is 60.0 Å². The fraction of sp³-hybridized carbons (Fsp3) is 0.385. The smallest absolute Gasteiger partial charge is 0.251 e. The van der Waals surface area contributed by atoms with Gasteiger partial charge in [-0.25, -0.2) is 0 Å². The van der Waals surface area contributed by atoms with Crippen molar-refractivity contribution < 1.29 is 9.59 Å². The minimum atomic E-state index is -0.174. The quantitative estimate of drug-likeness (QED) is 0.405. The van der Waals surface area contributed by atoms with Gasteiger partial charge in [0.2, 0.25) is 5.91 Å². The van der Waals surface area contributed by atoms with Crippen molar-refractivity contribution in [1.82, 2.24) is 20.1 Å². The highest BCUT2D eigenvalue weighted by atomic mass is 32.2. The molecule has 3 rings (SSSR count). The Kier molecular flexibility index (Phi) is 8.87. The lowest BCUT2D eigenvalue weighted by Crippen LogP contribution is -2.31. The lowest BCUT2D eigenvalue weighted by molar-refractivity contribution is -0.113. The van der Waals surface area contributed by atoms with Gasteiger partial charge in [-0.1, -0.05) is 69.8 Å². The van der Waals surface area contributed by atoms with Crippen molar-refractivity contribution in [2.75, 3.05) is 11.1 Å². The van der Waals surface area contributed by atoms with Crippen LogP contribution in [-0.2, 0) is 18.3 Å². The molecule has 2 amide bonds. The molecule has 2 aromatic carbocycles. The zero-order chi connectivity index (χ0) is 24.7. The van der Waals surface area contributed by atoms with Gasteiger partial charge in [-0.2, -0.15) is 0 Å². The Morgan fingerprint density at radius 2 is 1.79 bits per heavy atom. The van der Waals surface area contributed by atoms with Gasteiger partial charge in [0.05, 0.1) is 11.8 Å². The van der Waals surface area contributed by atoms with E-state index < -0.39 is 0 Å². The molecule has 8 heteroatoms. The van der Waals surface area contributed by atoms with Crippen molar-refractivity contribution in [1.29, 1.82) is 0 Å². The SMILES string of the molecule is CC(C)Cc1ccc(C(NC(=O)c2cccc(NC(=O)CSc3nncn3C)c2)C(C)C)cc1. The van der Waals surface area contributed by atoms with E-state index in [1.54, 1.807) is 35.2 Å². The second-order valence-electron chi connectivity index (χ2n) is 9.18. The Hall–Kier alpha value is -3.13. The Bertz CT molecular complexity index is 1110. The molecule has 0 saturated heterocycles. The second-order valence-corrected chi connectivity index (χ2v) is 10.1. The van der Waals surface area contributed by atoms with Crippen LogP contribution in [0.3, 0.4) is 0 Å². The van der Waals surface area contributed by atoms with E-state index in [1.165, 1.54) is 17.3 Å². The average Bonchev–Trinajstić information content (AvgIpc) is 3.21. The van der Waals surface area contributed by atoms with Gasteiger partial charge in [-0.15, -0.1) is 10.2 Å². The van der Waals surface area contributed by atoms with Crippen LogP contribution in [0.2, 0.25) is 0 Å². The molecule has 34 heavy (non-hydrogen) atoms. The van der Waals surface area contributed by atoms with Gasteiger partial charge in [-0.3, -0.25) is 9.59 Å². The molecular weight excluding hydrogens is 446 g/mol. The molecule has 0 saturated carbocycles. The highest BCUT2D eigenvalue weighted by Gasteiger charge is 2.20. The summed E-state index contributed by atoms with van der Waals surface area (Å²) in [6.07, 6.45) is 2.63. The molecule has 1 atom stereocenters. The van der Waals surface area contributed by atoms with Gasteiger partial charge in [-0.05, 0) is 47.6 Å². The summed E-state index contributed by atoms with van der Waals surface area (Å²) < 4.78 is 1.76. The number of carbonyl (C=O) groups excluding carboxylic acids is 2. The Morgan fingerprint density at radius 1 is 1.06 bits per heavy atom. The number of amides is 2. The largest absolute Gasteiger partial charge is 0.345 e. The molecule has 180 valence electrons. The van der Waals surface area contributed by atoms with Crippen molar-refractivity contribution in [3.63, 3.8) is 0 Å². The van der Waals surface area contributed by atoms with Crippen molar-refractivity contribution in [3.8, 4) is 0 Å². The summed E-state index contributed by atoms with van der Waals surface area (Å²) in [7, 11) is 1.83. The lowest BCUT2D eigenvalue weighted by Gasteiger charge is -2.23. The standard InChI is InChI=1S/C26H33N5O2S/c1-17(2)13-19-9-11-20(12-10-19)24(18(3)4)29-25(33)21-7-6-8-22(14-21)28-23(32)15-34-26-30-27-16-31(26)5/h6-12,14,16-18,24H,13,15H2,1-5H3,(H,28,32)(H,29,33). The first-order chi connectivity index (χ1) is 16.2. The molecule has 1 heterocycles. The van der Waals surface area contributed by atoms with E-state index >= 15 is 0 Å². The predicted octanol–water partition coefficient (Wildman–Crippen LogP) is 4.87. The third-order valence-corrected chi connectivity index (χ3v) is 6.38. The molecule has 1 aromatic heterocycles. The third kappa shape index (κ3) is 7.18. The zero-order valence-corrected chi connectivity index (χ0v) is 21.2.